The average molecular weight is 444 g/mol. The number of hydrogen-bond donors (Lipinski definition) is 0. The van der Waals surface area contributed by atoms with Crippen LogP contribution in [0.4, 0.5) is 26.3 Å². The molecule has 156 valence electrons. The number of rotatable bonds is 4. The summed E-state index contributed by atoms with van der Waals surface area (Å²) >= 11 is 0.805. The van der Waals surface area contributed by atoms with Gasteiger partial charge < -0.3 is 4.52 Å². The van der Waals surface area contributed by atoms with Crippen LogP contribution in [-0.2, 0) is 18.1 Å². The molecule has 0 fully saturated rings. The van der Waals surface area contributed by atoms with Crippen molar-refractivity contribution in [1.82, 2.24) is 15.1 Å². The molecule has 0 amide bonds. The lowest BCUT2D eigenvalue weighted by Gasteiger charge is -2.12. The van der Waals surface area contributed by atoms with Crippen molar-refractivity contribution >= 4 is 11.8 Å². The summed E-state index contributed by atoms with van der Waals surface area (Å²) in [4.78, 5) is 8.00. The monoisotopic (exact) mass is 444 g/mol. The smallest absolute Gasteiger partial charge is 0.338 e. The molecule has 12 heteroatoms. The molecule has 2 aromatic heterocycles. The van der Waals surface area contributed by atoms with Gasteiger partial charge in [0.25, 0.3) is 0 Å². The third kappa shape index (κ3) is 4.73. The second-order valence-corrected chi connectivity index (χ2v) is 6.94. The van der Waals surface area contributed by atoms with Gasteiger partial charge in [-0.05, 0) is 25.1 Å². The minimum absolute atomic E-state index is 0.00986. The minimum Gasteiger partial charge on any atom is -0.338 e. The van der Waals surface area contributed by atoms with Crippen LogP contribution in [0.25, 0.3) is 11.4 Å². The molecule has 5 nitrogen and oxygen atoms in total. The van der Waals surface area contributed by atoms with Crippen LogP contribution in [-0.4, -0.2) is 15.1 Å². The van der Waals surface area contributed by atoms with E-state index in [2.05, 4.69) is 15.1 Å². The maximum Gasteiger partial charge on any atom is 0.417 e. The van der Waals surface area contributed by atoms with Crippen LogP contribution >= 0.6 is 11.8 Å². The summed E-state index contributed by atoms with van der Waals surface area (Å²) in [6, 6.07) is 6.40. The minimum atomic E-state index is -4.71. The fourth-order valence-electron chi connectivity index (χ4n) is 2.45. The molecular weight excluding hydrogens is 434 g/mol. The number of nitriles is 1. The molecule has 0 aliphatic rings. The Balaban J connectivity index is 1.80. The van der Waals surface area contributed by atoms with Gasteiger partial charge in [-0.1, -0.05) is 29.1 Å². The second-order valence-electron chi connectivity index (χ2n) is 5.98. The third-order valence-electron chi connectivity index (χ3n) is 3.80. The summed E-state index contributed by atoms with van der Waals surface area (Å²) in [6.07, 6.45) is -9.19. The lowest BCUT2D eigenvalue weighted by Crippen LogP contribution is -2.10. The van der Waals surface area contributed by atoms with Crippen molar-refractivity contribution < 1.29 is 30.9 Å². The van der Waals surface area contributed by atoms with Gasteiger partial charge in [0.05, 0.1) is 22.4 Å². The first-order chi connectivity index (χ1) is 14.0. The summed E-state index contributed by atoms with van der Waals surface area (Å²) < 4.78 is 82.3. The maximum atomic E-state index is 13.2. The van der Waals surface area contributed by atoms with Crippen LogP contribution in [0, 0.1) is 18.3 Å². The molecule has 2 heterocycles. The molecule has 0 N–H and O–H groups in total. The molecule has 0 saturated carbocycles. The highest BCUT2D eigenvalue weighted by molar-refractivity contribution is 7.98. The third-order valence-corrected chi connectivity index (χ3v) is 4.76. The molecule has 1 aromatic carbocycles. The average Bonchev–Trinajstić information content (AvgIpc) is 3.13. The Hall–Kier alpha value is -3.07. The van der Waals surface area contributed by atoms with E-state index in [0.717, 1.165) is 30.0 Å². The topological polar surface area (TPSA) is 75.6 Å². The van der Waals surface area contributed by atoms with E-state index >= 15 is 0 Å². The molecule has 0 radical (unpaired) electrons. The van der Waals surface area contributed by atoms with E-state index in [9.17, 15) is 26.3 Å². The van der Waals surface area contributed by atoms with Crippen LogP contribution in [0.5, 0.6) is 0 Å². The zero-order valence-electron chi connectivity index (χ0n) is 15.0. The van der Waals surface area contributed by atoms with Crippen LogP contribution in [0.1, 0.15) is 28.3 Å². The molecule has 3 rings (SSSR count). The van der Waals surface area contributed by atoms with Gasteiger partial charge in [-0.25, -0.2) is 4.98 Å². The number of hydrogen-bond acceptors (Lipinski definition) is 6. The number of alkyl halides is 6. The highest BCUT2D eigenvalue weighted by atomic mass is 32.2. The molecule has 0 spiro atoms. The van der Waals surface area contributed by atoms with Crippen molar-refractivity contribution in [2.24, 2.45) is 0 Å². The van der Waals surface area contributed by atoms with E-state index in [0.29, 0.717) is 0 Å². The Morgan fingerprint density at radius 1 is 1.03 bits per heavy atom. The predicted octanol–water partition coefficient (Wildman–Crippen LogP) is 5.64. The summed E-state index contributed by atoms with van der Waals surface area (Å²) in [5.74, 6) is -0.0561. The predicted molar refractivity (Wildman–Crippen MR) is 93.0 cm³/mol. The number of halogens is 6. The van der Waals surface area contributed by atoms with Gasteiger partial charge in [0.2, 0.25) is 11.7 Å². The van der Waals surface area contributed by atoms with Gasteiger partial charge in [-0.3, -0.25) is 0 Å². The number of aryl methyl sites for hydroxylation is 1. The van der Waals surface area contributed by atoms with Crippen LogP contribution in [0.3, 0.4) is 0 Å². The van der Waals surface area contributed by atoms with Gasteiger partial charge in [0.15, 0.2) is 0 Å². The van der Waals surface area contributed by atoms with E-state index in [1.807, 2.05) is 0 Å². The Labute approximate surface area is 169 Å². The standard InChI is InChI=1S/C18H10F6N4OS/c1-9-6-13(18(22,23)24)12(7-25)16(26-9)30-8-14-27-15(28-29-14)10-2-4-11(5-3-10)17(19,20)21/h2-6H,8H2,1H3. The Morgan fingerprint density at radius 2 is 1.70 bits per heavy atom. The quantitative estimate of drug-likeness (QED) is 0.383. The van der Waals surface area contributed by atoms with Crippen LogP contribution in [0.2, 0.25) is 0 Å². The molecule has 0 atom stereocenters. The Bertz CT molecular complexity index is 1100. The van der Waals surface area contributed by atoms with E-state index in [4.69, 9.17) is 9.78 Å². The highest BCUT2D eigenvalue weighted by Gasteiger charge is 2.35. The molecule has 3 aromatic rings. The largest absolute Gasteiger partial charge is 0.417 e. The maximum absolute atomic E-state index is 13.2. The molecule has 30 heavy (non-hydrogen) atoms. The van der Waals surface area contributed by atoms with Crippen molar-refractivity contribution in [3.8, 4) is 17.5 Å². The van der Waals surface area contributed by atoms with Crippen molar-refractivity contribution in [3.63, 3.8) is 0 Å². The number of pyridine rings is 1. The highest BCUT2D eigenvalue weighted by Crippen LogP contribution is 2.36. The first-order valence-corrected chi connectivity index (χ1v) is 9.09. The zero-order chi connectivity index (χ0) is 22.1. The number of thioether (sulfide) groups is 1. The van der Waals surface area contributed by atoms with Gasteiger partial charge >= 0.3 is 12.4 Å². The summed E-state index contributed by atoms with van der Waals surface area (Å²) in [5.41, 5.74) is -2.18. The van der Waals surface area contributed by atoms with Gasteiger partial charge in [-0.15, -0.1) is 0 Å². The Kier molecular flexibility index (Phi) is 5.76. The normalized spacial score (nSPS) is 12.1. The second kappa shape index (κ2) is 7.98. The van der Waals surface area contributed by atoms with Gasteiger partial charge in [0, 0.05) is 11.3 Å². The van der Waals surface area contributed by atoms with Crippen molar-refractivity contribution in [1.29, 1.82) is 5.26 Å². The first kappa shape index (κ1) is 21.6. The fraction of sp³-hybridized carbons (Fsp3) is 0.222. The zero-order valence-corrected chi connectivity index (χ0v) is 15.8. The van der Waals surface area contributed by atoms with Crippen molar-refractivity contribution in [2.75, 3.05) is 0 Å². The number of benzene rings is 1. The lowest BCUT2D eigenvalue weighted by molar-refractivity contribution is -0.138. The molecule has 0 bridgehead atoms. The van der Waals surface area contributed by atoms with Crippen LogP contribution in [0.15, 0.2) is 39.9 Å². The number of aromatic nitrogens is 3. The molecule has 0 unspecified atom stereocenters. The first-order valence-electron chi connectivity index (χ1n) is 8.11. The molecular formula is C18H10F6N4OS. The van der Waals surface area contributed by atoms with Crippen molar-refractivity contribution in [3.05, 3.63) is 58.6 Å². The molecule has 0 aliphatic carbocycles. The lowest BCUT2D eigenvalue weighted by atomic mass is 10.1. The molecule has 0 aliphatic heterocycles. The van der Waals surface area contributed by atoms with Gasteiger partial charge in [-0.2, -0.15) is 36.6 Å². The van der Waals surface area contributed by atoms with Crippen molar-refractivity contribution in [2.45, 2.75) is 30.1 Å². The summed E-state index contributed by atoms with van der Waals surface area (Å²) in [6.45, 7) is 1.37. The summed E-state index contributed by atoms with van der Waals surface area (Å²) in [5, 5.41) is 12.7. The SMILES string of the molecule is Cc1cc(C(F)(F)F)c(C#N)c(SCc2nc(-c3ccc(C(F)(F)F)cc3)no2)n1. The van der Waals surface area contributed by atoms with Crippen LogP contribution < -0.4 is 0 Å². The summed E-state index contributed by atoms with van der Waals surface area (Å²) in [7, 11) is 0. The van der Waals surface area contributed by atoms with E-state index in [1.165, 1.54) is 25.1 Å². The van der Waals surface area contributed by atoms with E-state index in [-0.39, 0.29) is 33.8 Å². The molecule has 0 saturated heterocycles. The Morgan fingerprint density at radius 3 is 2.27 bits per heavy atom. The van der Waals surface area contributed by atoms with Gasteiger partial charge in [0.1, 0.15) is 11.1 Å². The fourth-order valence-corrected chi connectivity index (χ4v) is 3.34. The van der Waals surface area contributed by atoms with E-state index in [1.54, 1.807) is 0 Å². The van der Waals surface area contributed by atoms with E-state index < -0.39 is 29.0 Å². The number of nitrogens with zero attached hydrogens (tertiary/aromatic N) is 4.